The highest BCUT2D eigenvalue weighted by atomic mass is 35.5. The molecule has 2 aromatic carbocycles. The second-order valence-electron chi connectivity index (χ2n) is 12.2. The van der Waals surface area contributed by atoms with Crippen molar-refractivity contribution in [1.29, 1.82) is 5.26 Å². The topological polar surface area (TPSA) is 88.8 Å². The zero-order valence-electron chi connectivity index (χ0n) is 25.6. The zero-order valence-corrected chi connectivity index (χ0v) is 26.3. The summed E-state index contributed by atoms with van der Waals surface area (Å²) < 4.78 is 6.39. The maximum absolute atomic E-state index is 12.6. The summed E-state index contributed by atoms with van der Waals surface area (Å²) in [6.45, 7) is 12.8. The number of nitriles is 1. The molecular weight excluding hydrogens is 574 g/mol. The van der Waals surface area contributed by atoms with Crippen LogP contribution in [0.1, 0.15) is 44.4 Å². The van der Waals surface area contributed by atoms with Gasteiger partial charge in [0.2, 0.25) is 5.91 Å². The van der Waals surface area contributed by atoms with Gasteiger partial charge in [0.15, 0.2) is 0 Å². The van der Waals surface area contributed by atoms with Gasteiger partial charge in [-0.2, -0.15) is 15.2 Å². The van der Waals surface area contributed by atoms with Crippen LogP contribution in [0.2, 0.25) is 5.02 Å². The molecule has 3 aliphatic heterocycles. The Morgan fingerprint density at radius 2 is 1.95 bits per heavy atom. The van der Waals surface area contributed by atoms with Crippen molar-refractivity contribution < 1.29 is 9.53 Å². The van der Waals surface area contributed by atoms with Crippen LogP contribution in [0.4, 0.5) is 11.5 Å². The number of rotatable bonds is 8. The van der Waals surface area contributed by atoms with Crippen LogP contribution in [0, 0.1) is 11.3 Å². The van der Waals surface area contributed by atoms with Gasteiger partial charge in [0.05, 0.1) is 35.8 Å². The van der Waals surface area contributed by atoms with E-state index in [1.54, 1.807) is 4.90 Å². The Morgan fingerprint density at radius 3 is 2.73 bits per heavy atom. The third-order valence-corrected chi connectivity index (χ3v) is 9.57. The maximum Gasteiger partial charge on any atom is 0.318 e. The number of hydrogen-bond donors (Lipinski definition) is 0. The molecule has 2 atom stereocenters. The van der Waals surface area contributed by atoms with Crippen LogP contribution in [0.5, 0.6) is 6.01 Å². The summed E-state index contributed by atoms with van der Waals surface area (Å²) >= 11 is 6.71. The Hall–Kier alpha value is -3.87. The molecule has 0 aliphatic carbocycles. The highest BCUT2D eigenvalue weighted by molar-refractivity contribution is 6.36. The van der Waals surface area contributed by atoms with Crippen LogP contribution < -0.4 is 14.5 Å². The second-order valence-corrected chi connectivity index (χ2v) is 12.6. The third kappa shape index (κ3) is 5.93. The molecule has 0 saturated carbocycles. The molecular formula is C34H40ClN7O2. The minimum Gasteiger partial charge on any atom is -0.462 e. The molecule has 0 bridgehead atoms. The minimum absolute atomic E-state index is 0.144. The molecule has 4 heterocycles. The normalized spacial score (nSPS) is 20.6. The van der Waals surface area contributed by atoms with Crippen LogP contribution in [-0.4, -0.2) is 83.1 Å². The Kier molecular flexibility index (Phi) is 8.92. The summed E-state index contributed by atoms with van der Waals surface area (Å²) in [6.07, 6.45) is 4.59. The number of fused-ring (bicyclic) bond motifs is 2. The van der Waals surface area contributed by atoms with Crippen molar-refractivity contribution in [2.75, 3.05) is 49.1 Å². The molecule has 6 rings (SSSR count). The number of nitrogens with zero attached hydrogens (tertiary/aromatic N) is 7. The zero-order chi connectivity index (χ0) is 30.8. The number of aromatic nitrogens is 2. The van der Waals surface area contributed by atoms with Crippen LogP contribution in [-0.2, 0) is 17.8 Å². The fourth-order valence-electron chi connectivity index (χ4n) is 7.08. The Bertz CT molecular complexity index is 1580. The summed E-state index contributed by atoms with van der Waals surface area (Å²) in [5.74, 6) is 0.704. The molecule has 1 amide bonds. The largest absolute Gasteiger partial charge is 0.462 e. The first-order valence-corrected chi connectivity index (χ1v) is 16.0. The Labute approximate surface area is 264 Å². The average molecular weight is 614 g/mol. The van der Waals surface area contributed by atoms with E-state index < -0.39 is 0 Å². The molecule has 2 fully saturated rings. The monoisotopic (exact) mass is 613 g/mol. The molecule has 0 N–H and O–H groups in total. The maximum atomic E-state index is 12.6. The van der Waals surface area contributed by atoms with Crippen molar-refractivity contribution in [1.82, 2.24) is 19.8 Å². The molecule has 2 saturated heterocycles. The number of likely N-dealkylation sites (tertiary alicyclic amines) is 1. The number of ether oxygens (including phenoxy) is 1. The number of anilines is 2. The number of piperazine rings is 1. The van der Waals surface area contributed by atoms with E-state index in [0.717, 1.165) is 64.5 Å². The SMILES string of the molecule is C=CC(=O)N1CCN(c2nc(OC[C@@H]3CCCN3C(C)C)nc3c2CCN(c2cccc4cccc(Cl)c24)C3)C[C@@H]1CC#N. The lowest BCUT2D eigenvalue weighted by Crippen LogP contribution is -2.55. The minimum atomic E-state index is -0.245. The molecule has 0 spiro atoms. The van der Waals surface area contributed by atoms with E-state index in [4.69, 9.17) is 26.3 Å². The summed E-state index contributed by atoms with van der Waals surface area (Å²) in [4.78, 5) is 31.4. The lowest BCUT2D eigenvalue weighted by molar-refractivity contribution is -0.128. The van der Waals surface area contributed by atoms with Crippen molar-refractivity contribution in [2.24, 2.45) is 0 Å². The van der Waals surface area contributed by atoms with E-state index in [-0.39, 0.29) is 18.4 Å². The van der Waals surface area contributed by atoms with Gasteiger partial charge in [-0.05, 0) is 63.2 Å². The predicted octanol–water partition coefficient (Wildman–Crippen LogP) is 5.21. The van der Waals surface area contributed by atoms with Gasteiger partial charge in [-0.3, -0.25) is 9.69 Å². The molecule has 9 nitrogen and oxygen atoms in total. The Morgan fingerprint density at radius 1 is 1.14 bits per heavy atom. The van der Waals surface area contributed by atoms with Crippen molar-refractivity contribution in [3.8, 4) is 12.1 Å². The van der Waals surface area contributed by atoms with Crippen LogP contribution in [0.15, 0.2) is 49.1 Å². The van der Waals surface area contributed by atoms with Gasteiger partial charge in [0, 0.05) is 54.9 Å². The van der Waals surface area contributed by atoms with E-state index in [9.17, 15) is 10.1 Å². The first kappa shape index (κ1) is 30.2. The van der Waals surface area contributed by atoms with E-state index in [1.807, 2.05) is 12.1 Å². The molecule has 3 aliphatic rings. The number of carbonyl (C=O) groups excluding carboxylic acids is 1. The number of halogens is 1. The van der Waals surface area contributed by atoms with Crippen LogP contribution in [0.3, 0.4) is 0 Å². The van der Waals surface area contributed by atoms with Gasteiger partial charge in [0.1, 0.15) is 12.4 Å². The van der Waals surface area contributed by atoms with E-state index in [2.05, 4.69) is 65.5 Å². The molecule has 10 heteroatoms. The second kappa shape index (κ2) is 13.0. The smallest absolute Gasteiger partial charge is 0.318 e. The molecule has 44 heavy (non-hydrogen) atoms. The highest BCUT2D eigenvalue weighted by Gasteiger charge is 2.34. The van der Waals surface area contributed by atoms with Crippen molar-refractivity contribution >= 4 is 39.8 Å². The van der Waals surface area contributed by atoms with Crippen LogP contribution >= 0.6 is 11.6 Å². The van der Waals surface area contributed by atoms with Gasteiger partial charge in [-0.25, -0.2) is 0 Å². The van der Waals surface area contributed by atoms with E-state index in [1.165, 1.54) is 12.5 Å². The summed E-state index contributed by atoms with van der Waals surface area (Å²) in [7, 11) is 0. The predicted molar refractivity (Wildman–Crippen MR) is 174 cm³/mol. The number of carbonyl (C=O) groups is 1. The van der Waals surface area contributed by atoms with Gasteiger partial charge in [-0.15, -0.1) is 0 Å². The van der Waals surface area contributed by atoms with Crippen molar-refractivity contribution in [3.63, 3.8) is 0 Å². The molecule has 1 aromatic heterocycles. The highest BCUT2D eigenvalue weighted by Crippen LogP contribution is 2.37. The quantitative estimate of drug-likeness (QED) is 0.320. The van der Waals surface area contributed by atoms with Crippen molar-refractivity contribution in [2.45, 2.75) is 64.2 Å². The first-order chi connectivity index (χ1) is 21.4. The summed E-state index contributed by atoms with van der Waals surface area (Å²) in [6, 6.07) is 15.5. The number of hydrogen-bond acceptors (Lipinski definition) is 8. The average Bonchev–Trinajstić information content (AvgIpc) is 3.52. The van der Waals surface area contributed by atoms with E-state index in [0.29, 0.717) is 50.9 Å². The third-order valence-electron chi connectivity index (χ3n) is 9.25. The standard InChI is InChI=1S/C34H40ClN7O2/c1-4-31(43)42-19-18-40(20-25(42)13-15-36)33-27-14-17-39(30-12-6-9-24-8-5-11-28(35)32(24)30)21-29(27)37-34(38-33)44-22-26-10-7-16-41(26)23(2)3/h4-6,8-9,11-12,23,25-26H,1,7,10,13-14,16-22H2,2-3H3/t25-,26-/m0/s1. The first-order valence-electron chi connectivity index (χ1n) is 15.6. The fourth-order valence-corrected chi connectivity index (χ4v) is 7.36. The van der Waals surface area contributed by atoms with Gasteiger partial charge in [-0.1, -0.05) is 42.4 Å². The van der Waals surface area contributed by atoms with Crippen molar-refractivity contribution in [3.05, 3.63) is 65.3 Å². The van der Waals surface area contributed by atoms with Gasteiger partial charge in [0.25, 0.3) is 0 Å². The molecule has 3 aromatic rings. The molecule has 0 radical (unpaired) electrons. The summed E-state index contributed by atoms with van der Waals surface area (Å²) in [5, 5.41) is 12.4. The molecule has 0 unspecified atom stereocenters. The Balaban J connectivity index is 1.34. The van der Waals surface area contributed by atoms with Gasteiger partial charge >= 0.3 is 6.01 Å². The number of benzene rings is 2. The van der Waals surface area contributed by atoms with Gasteiger partial charge < -0.3 is 19.4 Å². The fraction of sp³-hybridized carbons (Fsp3) is 0.471. The van der Waals surface area contributed by atoms with E-state index >= 15 is 0 Å². The number of amides is 1. The lowest BCUT2D eigenvalue weighted by atomic mass is 10.0. The van der Waals surface area contributed by atoms with Crippen LogP contribution in [0.25, 0.3) is 10.8 Å². The lowest BCUT2D eigenvalue weighted by Gasteiger charge is -2.42. The summed E-state index contributed by atoms with van der Waals surface area (Å²) in [5.41, 5.74) is 3.13. The molecule has 230 valence electrons.